The normalized spacial score (nSPS) is 23.3. The molecule has 0 spiro atoms. The predicted molar refractivity (Wildman–Crippen MR) is 68.8 cm³/mol. The first-order valence-electron chi connectivity index (χ1n) is 6.59. The van der Waals surface area contributed by atoms with Crippen LogP contribution in [0.1, 0.15) is 13.3 Å². The Bertz CT molecular complexity index is 184. The van der Waals surface area contributed by atoms with Gasteiger partial charge in [0, 0.05) is 26.2 Å². The zero-order valence-electron chi connectivity index (χ0n) is 10.9. The molecule has 1 saturated heterocycles. The van der Waals surface area contributed by atoms with Gasteiger partial charge in [-0.05, 0) is 32.0 Å². The molecule has 5 heteroatoms. The van der Waals surface area contributed by atoms with Gasteiger partial charge in [0.25, 0.3) is 0 Å². The second-order valence-corrected chi connectivity index (χ2v) is 5.13. The van der Waals surface area contributed by atoms with Gasteiger partial charge in [0.2, 0.25) is 0 Å². The summed E-state index contributed by atoms with van der Waals surface area (Å²) in [4.78, 5) is 4.68. The van der Waals surface area contributed by atoms with Crippen LogP contribution in [-0.4, -0.2) is 78.5 Å². The van der Waals surface area contributed by atoms with E-state index in [9.17, 15) is 5.11 Å². The fraction of sp³-hybridized carbons (Fsp3) is 1.00. The maximum Gasteiger partial charge on any atom is 0.0897 e. The van der Waals surface area contributed by atoms with Gasteiger partial charge in [-0.25, -0.2) is 0 Å². The zero-order valence-corrected chi connectivity index (χ0v) is 10.9. The summed E-state index contributed by atoms with van der Waals surface area (Å²) in [6, 6.07) is 0. The molecular formula is C12H27N3O2. The molecule has 1 aliphatic rings. The average molecular weight is 245 g/mol. The Morgan fingerprint density at radius 3 is 2.24 bits per heavy atom. The van der Waals surface area contributed by atoms with Crippen LogP contribution in [0.25, 0.3) is 0 Å². The van der Waals surface area contributed by atoms with E-state index in [1.807, 2.05) is 0 Å². The lowest BCUT2D eigenvalue weighted by atomic mass is 10.1. The fourth-order valence-electron chi connectivity index (χ4n) is 2.26. The van der Waals surface area contributed by atoms with Crippen LogP contribution in [0.3, 0.4) is 0 Å². The van der Waals surface area contributed by atoms with Gasteiger partial charge < -0.3 is 20.8 Å². The van der Waals surface area contributed by atoms with Gasteiger partial charge in [-0.3, -0.25) is 4.90 Å². The van der Waals surface area contributed by atoms with Crippen LogP contribution < -0.4 is 5.73 Å². The molecule has 0 amide bonds. The predicted octanol–water partition coefficient (Wildman–Crippen LogP) is -1.06. The molecule has 2 unspecified atom stereocenters. The Hall–Kier alpha value is -0.200. The molecule has 0 aromatic heterocycles. The Balaban J connectivity index is 2.29. The van der Waals surface area contributed by atoms with E-state index in [4.69, 9.17) is 10.8 Å². The van der Waals surface area contributed by atoms with Gasteiger partial charge in [-0.2, -0.15) is 0 Å². The highest BCUT2D eigenvalue weighted by Gasteiger charge is 2.17. The number of β-amino-alcohol motifs (C(OH)–C–C–N with tert-alkyl or cyclic N) is 1. The van der Waals surface area contributed by atoms with Crippen LogP contribution in [-0.2, 0) is 0 Å². The monoisotopic (exact) mass is 245 g/mol. The van der Waals surface area contributed by atoms with Gasteiger partial charge >= 0.3 is 0 Å². The van der Waals surface area contributed by atoms with E-state index in [0.29, 0.717) is 12.5 Å². The van der Waals surface area contributed by atoms with Gasteiger partial charge in [-0.1, -0.05) is 6.92 Å². The van der Waals surface area contributed by atoms with E-state index in [2.05, 4.69) is 16.7 Å². The van der Waals surface area contributed by atoms with E-state index in [1.54, 1.807) is 0 Å². The molecule has 0 radical (unpaired) electrons. The average Bonchev–Trinajstić information content (AvgIpc) is 2.54. The molecule has 0 aliphatic carbocycles. The number of aliphatic hydroxyl groups is 2. The SMILES string of the molecule is CC(CN)CN1CCCN(CC(O)CO)CC1. The highest BCUT2D eigenvalue weighted by molar-refractivity contribution is 4.73. The maximum atomic E-state index is 9.43. The van der Waals surface area contributed by atoms with Crippen molar-refractivity contribution in [3.05, 3.63) is 0 Å². The summed E-state index contributed by atoms with van der Waals surface area (Å²) in [6.45, 7) is 8.52. The van der Waals surface area contributed by atoms with Crippen molar-refractivity contribution in [2.24, 2.45) is 11.7 Å². The third kappa shape index (κ3) is 5.79. The van der Waals surface area contributed by atoms with Gasteiger partial charge in [-0.15, -0.1) is 0 Å². The van der Waals surface area contributed by atoms with E-state index >= 15 is 0 Å². The minimum atomic E-state index is -0.607. The summed E-state index contributed by atoms with van der Waals surface area (Å²) in [5.41, 5.74) is 5.64. The molecule has 1 fully saturated rings. The third-order valence-corrected chi connectivity index (χ3v) is 3.33. The van der Waals surface area contributed by atoms with Crippen molar-refractivity contribution in [2.45, 2.75) is 19.4 Å². The highest BCUT2D eigenvalue weighted by Crippen LogP contribution is 2.06. The summed E-state index contributed by atoms with van der Waals surface area (Å²) in [7, 11) is 0. The number of aliphatic hydroxyl groups excluding tert-OH is 2. The molecule has 0 aromatic carbocycles. The Morgan fingerprint density at radius 1 is 1.12 bits per heavy atom. The lowest BCUT2D eigenvalue weighted by Crippen LogP contribution is -2.38. The Morgan fingerprint density at radius 2 is 1.71 bits per heavy atom. The molecule has 1 aliphatic heterocycles. The van der Waals surface area contributed by atoms with Crippen LogP contribution in [0.2, 0.25) is 0 Å². The summed E-state index contributed by atoms with van der Waals surface area (Å²) in [5.74, 6) is 0.546. The van der Waals surface area contributed by atoms with E-state index in [1.165, 1.54) is 0 Å². The fourth-order valence-corrected chi connectivity index (χ4v) is 2.26. The first-order valence-corrected chi connectivity index (χ1v) is 6.59. The Kier molecular flexibility index (Phi) is 6.99. The Labute approximate surface area is 104 Å². The maximum absolute atomic E-state index is 9.43. The number of nitrogens with zero attached hydrogens (tertiary/aromatic N) is 2. The van der Waals surface area contributed by atoms with Crippen LogP contribution in [0.4, 0.5) is 0 Å². The van der Waals surface area contributed by atoms with Crippen molar-refractivity contribution >= 4 is 0 Å². The molecule has 0 bridgehead atoms. The van der Waals surface area contributed by atoms with E-state index in [0.717, 1.165) is 45.7 Å². The first-order chi connectivity index (χ1) is 8.15. The van der Waals surface area contributed by atoms with E-state index in [-0.39, 0.29) is 6.61 Å². The molecule has 5 nitrogen and oxygen atoms in total. The molecule has 2 atom stereocenters. The molecule has 0 saturated carbocycles. The lowest BCUT2D eigenvalue weighted by Gasteiger charge is -2.24. The number of rotatable bonds is 6. The molecule has 1 heterocycles. The number of nitrogens with two attached hydrogens (primary N) is 1. The van der Waals surface area contributed by atoms with Gasteiger partial charge in [0.1, 0.15) is 0 Å². The summed E-state index contributed by atoms with van der Waals surface area (Å²) in [5, 5.41) is 18.3. The van der Waals surface area contributed by atoms with Crippen LogP contribution in [0.5, 0.6) is 0 Å². The second-order valence-electron chi connectivity index (χ2n) is 5.13. The third-order valence-electron chi connectivity index (χ3n) is 3.33. The van der Waals surface area contributed by atoms with Crippen molar-refractivity contribution in [3.8, 4) is 0 Å². The molecule has 0 aromatic rings. The first kappa shape index (κ1) is 14.9. The van der Waals surface area contributed by atoms with Gasteiger partial charge in [0.05, 0.1) is 12.7 Å². The smallest absolute Gasteiger partial charge is 0.0897 e. The highest BCUT2D eigenvalue weighted by atomic mass is 16.3. The zero-order chi connectivity index (χ0) is 12.7. The molecule has 1 rings (SSSR count). The van der Waals surface area contributed by atoms with Crippen molar-refractivity contribution in [3.63, 3.8) is 0 Å². The minimum Gasteiger partial charge on any atom is -0.394 e. The van der Waals surface area contributed by atoms with Crippen LogP contribution in [0.15, 0.2) is 0 Å². The summed E-state index contributed by atoms with van der Waals surface area (Å²) < 4.78 is 0. The standard InChI is InChI=1S/C12H27N3O2/c1-11(7-13)8-14-3-2-4-15(6-5-14)9-12(17)10-16/h11-12,16-17H,2-10,13H2,1H3. The topological polar surface area (TPSA) is 73.0 Å². The van der Waals surface area contributed by atoms with Crippen molar-refractivity contribution in [1.82, 2.24) is 9.80 Å². The molecule has 102 valence electrons. The van der Waals surface area contributed by atoms with Gasteiger partial charge in [0.15, 0.2) is 0 Å². The molecule has 17 heavy (non-hydrogen) atoms. The molecular weight excluding hydrogens is 218 g/mol. The number of hydrogen-bond acceptors (Lipinski definition) is 5. The number of hydrogen-bond donors (Lipinski definition) is 3. The van der Waals surface area contributed by atoms with Crippen molar-refractivity contribution in [1.29, 1.82) is 0 Å². The largest absolute Gasteiger partial charge is 0.394 e. The quantitative estimate of drug-likeness (QED) is 0.556. The summed E-state index contributed by atoms with van der Waals surface area (Å²) in [6.07, 6.45) is 0.514. The summed E-state index contributed by atoms with van der Waals surface area (Å²) >= 11 is 0. The second kappa shape index (κ2) is 8.00. The van der Waals surface area contributed by atoms with Crippen molar-refractivity contribution in [2.75, 3.05) is 52.4 Å². The van der Waals surface area contributed by atoms with E-state index < -0.39 is 6.10 Å². The minimum absolute atomic E-state index is 0.148. The van der Waals surface area contributed by atoms with Crippen LogP contribution >= 0.6 is 0 Å². The molecule has 4 N–H and O–H groups in total. The van der Waals surface area contributed by atoms with Crippen LogP contribution in [0, 0.1) is 5.92 Å². The van der Waals surface area contributed by atoms with Crippen molar-refractivity contribution < 1.29 is 10.2 Å². The lowest BCUT2D eigenvalue weighted by molar-refractivity contribution is 0.0601.